The first kappa shape index (κ1) is 17.5. The number of hydrogen-bond acceptors (Lipinski definition) is 3. The normalized spacial score (nSPS) is 13.0. The predicted octanol–water partition coefficient (Wildman–Crippen LogP) is 1.68. The standard InChI is InChI=1S/C14H19F3N2O2/c1-19(8-12(18)9-21-2)13(20)7-10-3-5-11(6-4-10)14(15,16)17/h3-6,12H,7-9,18H2,1-2H3. The average molecular weight is 304 g/mol. The first-order valence-corrected chi connectivity index (χ1v) is 6.38. The van der Waals surface area contributed by atoms with Crippen molar-refractivity contribution in [1.82, 2.24) is 4.90 Å². The summed E-state index contributed by atoms with van der Waals surface area (Å²) in [7, 11) is 3.12. The highest BCUT2D eigenvalue weighted by Crippen LogP contribution is 2.29. The molecule has 0 radical (unpaired) electrons. The summed E-state index contributed by atoms with van der Waals surface area (Å²) in [6.45, 7) is 0.658. The zero-order chi connectivity index (χ0) is 16.0. The molecule has 0 spiro atoms. The molecule has 0 aromatic heterocycles. The molecule has 7 heteroatoms. The summed E-state index contributed by atoms with van der Waals surface area (Å²) < 4.78 is 42.2. The zero-order valence-corrected chi connectivity index (χ0v) is 12.0. The molecular formula is C14H19F3N2O2. The lowest BCUT2D eigenvalue weighted by Gasteiger charge is -2.21. The Kier molecular flexibility index (Phi) is 6.17. The fraction of sp³-hybridized carbons (Fsp3) is 0.500. The maximum absolute atomic E-state index is 12.4. The number of carbonyl (C=O) groups excluding carboxylic acids is 1. The fourth-order valence-electron chi connectivity index (χ4n) is 1.84. The molecule has 0 aliphatic rings. The van der Waals surface area contributed by atoms with Gasteiger partial charge in [0.15, 0.2) is 0 Å². The zero-order valence-electron chi connectivity index (χ0n) is 12.0. The van der Waals surface area contributed by atoms with E-state index in [4.69, 9.17) is 10.5 Å². The first-order valence-electron chi connectivity index (χ1n) is 6.38. The van der Waals surface area contributed by atoms with E-state index in [0.717, 1.165) is 12.1 Å². The van der Waals surface area contributed by atoms with Crippen molar-refractivity contribution in [3.8, 4) is 0 Å². The minimum atomic E-state index is -4.37. The van der Waals surface area contributed by atoms with Crippen LogP contribution in [0.4, 0.5) is 13.2 Å². The number of methoxy groups -OCH3 is 1. The molecule has 0 saturated carbocycles. The number of hydrogen-bond donors (Lipinski definition) is 1. The van der Waals surface area contributed by atoms with Crippen molar-refractivity contribution < 1.29 is 22.7 Å². The Labute approximate surface area is 121 Å². The molecule has 0 saturated heterocycles. The van der Waals surface area contributed by atoms with Crippen LogP contribution in [-0.4, -0.2) is 44.2 Å². The van der Waals surface area contributed by atoms with Gasteiger partial charge < -0.3 is 15.4 Å². The van der Waals surface area contributed by atoms with E-state index in [2.05, 4.69) is 0 Å². The lowest BCUT2D eigenvalue weighted by atomic mass is 10.1. The van der Waals surface area contributed by atoms with E-state index < -0.39 is 11.7 Å². The highest BCUT2D eigenvalue weighted by molar-refractivity contribution is 5.78. The van der Waals surface area contributed by atoms with Gasteiger partial charge in [-0.15, -0.1) is 0 Å². The van der Waals surface area contributed by atoms with Gasteiger partial charge in [-0.1, -0.05) is 12.1 Å². The minimum absolute atomic E-state index is 0.0361. The number of ether oxygens (including phenoxy) is 1. The van der Waals surface area contributed by atoms with Crippen molar-refractivity contribution in [3.05, 3.63) is 35.4 Å². The number of nitrogens with zero attached hydrogens (tertiary/aromatic N) is 1. The molecule has 1 amide bonds. The van der Waals surface area contributed by atoms with E-state index in [0.29, 0.717) is 18.7 Å². The maximum atomic E-state index is 12.4. The summed E-state index contributed by atoms with van der Waals surface area (Å²) in [6, 6.07) is 4.27. The van der Waals surface area contributed by atoms with Crippen LogP contribution in [0.1, 0.15) is 11.1 Å². The molecule has 118 valence electrons. The molecule has 1 atom stereocenters. The second-order valence-electron chi connectivity index (χ2n) is 4.86. The number of benzene rings is 1. The van der Waals surface area contributed by atoms with Crippen molar-refractivity contribution in [2.45, 2.75) is 18.6 Å². The molecule has 1 aromatic carbocycles. The van der Waals surface area contributed by atoms with Gasteiger partial charge in [-0.05, 0) is 17.7 Å². The number of amides is 1. The van der Waals surface area contributed by atoms with E-state index in [1.54, 1.807) is 7.05 Å². The topological polar surface area (TPSA) is 55.6 Å². The van der Waals surface area contributed by atoms with Crippen molar-refractivity contribution in [2.75, 3.05) is 27.3 Å². The Morgan fingerprint density at radius 3 is 2.38 bits per heavy atom. The van der Waals surface area contributed by atoms with Gasteiger partial charge in [-0.3, -0.25) is 4.79 Å². The third-order valence-electron chi connectivity index (χ3n) is 2.95. The Morgan fingerprint density at radius 2 is 1.90 bits per heavy atom. The summed E-state index contributed by atoms with van der Waals surface area (Å²) >= 11 is 0. The van der Waals surface area contributed by atoms with Crippen LogP contribution in [-0.2, 0) is 22.1 Å². The average Bonchev–Trinajstić information content (AvgIpc) is 2.38. The lowest BCUT2D eigenvalue weighted by Crippen LogP contribution is -2.41. The number of rotatable bonds is 6. The molecule has 0 aliphatic carbocycles. The highest BCUT2D eigenvalue weighted by Gasteiger charge is 2.30. The van der Waals surface area contributed by atoms with Gasteiger partial charge >= 0.3 is 6.18 Å². The van der Waals surface area contributed by atoms with E-state index in [9.17, 15) is 18.0 Å². The van der Waals surface area contributed by atoms with Crippen LogP contribution in [0.15, 0.2) is 24.3 Å². The van der Waals surface area contributed by atoms with Gasteiger partial charge in [0.2, 0.25) is 5.91 Å². The Morgan fingerprint density at radius 1 is 1.33 bits per heavy atom. The molecule has 1 rings (SSSR count). The Hall–Kier alpha value is -1.60. The molecular weight excluding hydrogens is 285 g/mol. The fourth-order valence-corrected chi connectivity index (χ4v) is 1.84. The van der Waals surface area contributed by atoms with Crippen LogP contribution in [0.3, 0.4) is 0 Å². The summed E-state index contributed by atoms with van der Waals surface area (Å²) in [5.41, 5.74) is 5.54. The molecule has 1 unspecified atom stereocenters. The van der Waals surface area contributed by atoms with Crippen LogP contribution in [0.25, 0.3) is 0 Å². The van der Waals surface area contributed by atoms with Crippen molar-refractivity contribution in [1.29, 1.82) is 0 Å². The number of likely N-dealkylation sites (N-methyl/N-ethyl adjacent to an activating group) is 1. The van der Waals surface area contributed by atoms with E-state index in [1.165, 1.54) is 24.1 Å². The quantitative estimate of drug-likeness (QED) is 0.870. The third-order valence-corrected chi connectivity index (χ3v) is 2.95. The largest absolute Gasteiger partial charge is 0.416 e. The number of alkyl halides is 3. The number of carbonyl (C=O) groups is 1. The van der Waals surface area contributed by atoms with Gasteiger partial charge in [-0.2, -0.15) is 13.2 Å². The van der Waals surface area contributed by atoms with E-state index in [-0.39, 0.29) is 18.4 Å². The summed E-state index contributed by atoms with van der Waals surface area (Å²) in [4.78, 5) is 13.4. The lowest BCUT2D eigenvalue weighted by molar-refractivity contribution is -0.137. The maximum Gasteiger partial charge on any atom is 0.416 e. The van der Waals surface area contributed by atoms with E-state index >= 15 is 0 Å². The van der Waals surface area contributed by atoms with Crippen LogP contribution in [0.5, 0.6) is 0 Å². The summed E-state index contributed by atoms with van der Waals surface area (Å²) in [5.74, 6) is -0.207. The Balaban J connectivity index is 2.58. The van der Waals surface area contributed by atoms with Crippen molar-refractivity contribution in [2.24, 2.45) is 5.73 Å². The Bertz CT molecular complexity index is 460. The van der Waals surface area contributed by atoms with Crippen molar-refractivity contribution >= 4 is 5.91 Å². The molecule has 21 heavy (non-hydrogen) atoms. The van der Waals surface area contributed by atoms with Gasteiger partial charge in [-0.25, -0.2) is 0 Å². The number of nitrogens with two attached hydrogens (primary N) is 1. The molecule has 4 nitrogen and oxygen atoms in total. The van der Waals surface area contributed by atoms with Crippen LogP contribution in [0.2, 0.25) is 0 Å². The summed E-state index contributed by atoms with van der Waals surface area (Å²) in [6.07, 6.45) is -4.33. The van der Waals surface area contributed by atoms with Crippen LogP contribution >= 0.6 is 0 Å². The third kappa shape index (κ3) is 5.73. The van der Waals surface area contributed by atoms with Gasteiger partial charge in [0, 0.05) is 26.7 Å². The predicted molar refractivity (Wildman–Crippen MR) is 72.6 cm³/mol. The molecule has 0 bridgehead atoms. The smallest absolute Gasteiger partial charge is 0.383 e. The second kappa shape index (κ2) is 7.42. The minimum Gasteiger partial charge on any atom is -0.383 e. The molecule has 1 aromatic rings. The van der Waals surface area contributed by atoms with Gasteiger partial charge in [0.05, 0.1) is 18.6 Å². The highest BCUT2D eigenvalue weighted by atomic mass is 19.4. The number of halogens is 3. The van der Waals surface area contributed by atoms with Crippen LogP contribution < -0.4 is 5.73 Å². The summed E-state index contributed by atoms with van der Waals surface area (Å²) in [5, 5.41) is 0. The molecule has 0 heterocycles. The van der Waals surface area contributed by atoms with Crippen LogP contribution in [0, 0.1) is 0 Å². The monoisotopic (exact) mass is 304 g/mol. The first-order chi connectivity index (χ1) is 9.74. The molecule has 0 aliphatic heterocycles. The van der Waals surface area contributed by atoms with E-state index in [1.807, 2.05) is 0 Å². The molecule has 0 fully saturated rings. The SMILES string of the molecule is COCC(N)CN(C)C(=O)Cc1ccc(C(F)(F)F)cc1. The van der Waals surface area contributed by atoms with Crippen molar-refractivity contribution in [3.63, 3.8) is 0 Å². The van der Waals surface area contributed by atoms with Gasteiger partial charge in [0.25, 0.3) is 0 Å². The second-order valence-corrected chi connectivity index (χ2v) is 4.86. The van der Waals surface area contributed by atoms with Gasteiger partial charge in [0.1, 0.15) is 0 Å². The molecule has 2 N–H and O–H groups in total.